The molecule has 2 unspecified atom stereocenters. The topological polar surface area (TPSA) is 12.0 Å². The van der Waals surface area contributed by atoms with Gasteiger partial charge >= 0.3 is 0 Å². The summed E-state index contributed by atoms with van der Waals surface area (Å²) in [7, 11) is 2.00. The fraction of sp³-hybridized carbons (Fsp3) is 0. The van der Waals surface area contributed by atoms with Crippen molar-refractivity contribution in [2.75, 3.05) is 0 Å². The first-order valence-corrected chi connectivity index (χ1v) is 5.17. The molecule has 4 heavy (non-hydrogen) atoms. The molecule has 1 aliphatic heterocycles. The van der Waals surface area contributed by atoms with Crippen molar-refractivity contribution in [2.45, 2.75) is 0 Å². The van der Waals surface area contributed by atoms with E-state index in [0.29, 0.717) is 0 Å². The minimum Gasteiger partial charge on any atom is -0.261 e. The third-order valence-electron chi connectivity index (χ3n) is 0.204. The number of nitrogens with one attached hydrogen (secondary N) is 1. The Morgan fingerprint density at radius 1 is 1.50 bits per heavy atom. The van der Waals surface area contributed by atoms with Crippen molar-refractivity contribution in [1.29, 1.82) is 0 Å². The second kappa shape index (κ2) is 1.57. The molecule has 1 fully saturated rings. The van der Waals surface area contributed by atoms with E-state index in [-0.39, 0.29) is 0 Å². The van der Waals surface area contributed by atoms with Gasteiger partial charge in [0.2, 0.25) is 0 Å². The zero-order chi connectivity index (χ0) is 2.83. The first kappa shape index (κ1) is 3.36. The molecule has 0 bridgehead atoms. The summed E-state index contributed by atoms with van der Waals surface area (Å²) >= 11 is 1.98. The molecule has 0 aliphatic carbocycles. The Balaban J connectivity index is 2.00. The van der Waals surface area contributed by atoms with E-state index in [1.165, 1.54) is 0 Å². The molecule has 1 heterocycles. The van der Waals surface area contributed by atoms with Gasteiger partial charge in [0.25, 0.3) is 0 Å². The third-order valence-corrected chi connectivity index (χ3v) is 5.51. The van der Waals surface area contributed by atoms with Crippen molar-refractivity contribution in [3.63, 3.8) is 0 Å². The van der Waals surface area contributed by atoms with Gasteiger partial charge in [-0.25, -0.2) is 0 Å². The van der Waals surface area contributed by atoms with Gasteiger partial charge in [0.15, 0.2) is 0 Å². The molecule has 24 valence electrons. The Morgan fingerprint density at radius 2 is 1.75 bits per heavy atom. The highest BCUT2D eigenvalue weighted by Crippen LogP contribution is 2.54. The molecule has 1 saturated heterocycles. The van der Waals surface area contributed by atoms with Gasteiger partial charge in [-0.15, -0.1) is 0 Å². The lowest BCUT2D eigenvalue weighted by atomic mass is 13.9. The molecule has 1 aliphatic rings. The summed E-state index contributed by atoms with van der Waals surface area (Å²) in [5.74, 6) is 0. The molecule has 0 radical (unpaired) electrons. The van der Waals surface area contributed by atoms with E-state index in [9.17, 15) is 0 Å². The van der Waals surface area contributed by atoms with Gasteiger partial charge in [-0.05, 0) is 0 Å². The van der Waals surface area contributed by atoms with E-state index in [4.69, 9.17) is 0 Å². The molecule has 4 heteroatoms. The van der Waals surface area contributed by atoms with Crippen molar-refractivity contribution >= 4 is 26.9 Å². The van der Waals surface area contributed by atoms with Crippen molar-refractivity contribution in [3.05, 3.63) is 0 Å². The highest BCUT2D eigenvalue weighted by molar-refractivity contribution is 8.83. The lowest BCUT2D eigenvalue weighted by molar-refractivity contribution is 1.76. The maximum Gasteiger partial charge on any atom is 0.0173 e. The van der Waals surface area contributed by atoms with Crippen LogP contribution in [-0.4, -0.2) is 0 Å². The molecule has 0 aromatic carbocycles. The summed E-state index contributed by atoms with van der Waals surface area (Å²) in [6.07, 6.45) is 0. The van der Waals surface area contributed by atoms with Crippen molar-refractivity contribution < 1.29 is 0 Å². The van der Waals surface area contributed by atoms with Crippen LogP contribution in [0.25, 0.3) is 0 Å². The standard InChI is InChI=1S/H3NP2S/c1-2-4-3-1/h1-3H. The van der Waals surface area contributed by atoms with E-state index in [1.54, 1.807) is 0 Å². The molecule has 0 spiro atoms. The average Bonchev–Trinajstić information content (AvgIpc) is 0.722. The van der Waals surface area contributed by atoms with Gasteiger partial charge in [0.05, 0.1) is 0 Å². The highest BCUT2D eigenvalue weighted by atomic mass is 33.1. The maximum absolute atomic E-state index is 3.13. The van der Waals surface area contributed by atoms with Gasteiger partial charge in [0, 0.05) is 15.9 Å². The van der Waals surface area contributed by atoms with Crippen LogP contribution in [0.15, 0.2) is 0 Å². The molecule has 1 N–H and O–H groups in total. The zero-order valence-corrected chi connectivity index (χ0v) is 4.72. The zero-order valence-electron chi connectivity index (χ0n) is 1.91. The normalized spacial score (nSPS) is 36.0. The predicted octanol–water partition coefficient (Wildman–Crippen LogP) is 1.34. The summed E-state index contributed by atoms with van der Waals surface area (Å²) in [4.78, 5) is 3.13. The van der Waals surface area contributed by atoms with Crippen LogP contribution in [0.1, 0.15) is 0 Å². The molecule has 1 rings (SSSR count). The number of hydrogen-bond acceptors (Lipinski definition) is 2. The Kier molecular flexibility index (Phi) is 1.32. The number of hydrogen-bond donors (Lipinski definition) is 1. The van der Waals surface area contributed by atoms with Crippen LogP contribution < -0.4 is 4.86 Å². The summed E-state index contributed by atoms with van der Waals surface area (Å²) in [5.41, 5.74) is 0. The fourth-order valence-corrected chi connectivity index (χ4v) is 1.38. The molecule has 2 atom stereocenters. The van der Waals surface area contributed by atoms with Gasteiger partial charge in [-0.2, -0.15) is 0 Å². The van der Waals surface area contributed by atoms with E-state index >= 15 is 0 Å². The van der Waals surface area contributed by atoms with Gasteiger partial charge in [0.1, 0.15) is 0 Å². The van der Waals surface area contributed by atoms with E-state index in [1.807, 2.05) is 11.0 Å². The predicted molar refractivity (Wildman–Crippen MR) is 27.4 cm³/mol. The smallest absolute Gasteiger partial charge is 0.0173 e. The second-order valence-corrected chi connectivity index (χ2v) is 5.72. The molecule has 0 aromatic rings. The van der Waals surface area contributed by atoms with Crippen LogP contribution in [0.3, 0.4) is 0 Å². The molecule has 0 amide bonds. The van der Waals surface area contributed by atoms with Gasteiger partial charge in [-0.1, -0.05) is 11.0 Å². The first-order valence-electron chi connectivity index (χ1n) is 0.908. The van der Waals surface area contributed by atoms with E-state index < -0.39 is 0 Å². The lowest BCUT2D eigenvalue weighted by Gasteiger charge is -2.08. The Bertz CT molecular complexity index is 14.0. The molecular weight excluding hydrogens is 108 g/mol. The van der Waals surface area contributed by atoms with Gasteiger partial charge < -0.3 is 0 Å². The lowest BCUT2D eigenvalue weighted by Crippen LogP contribution is -1.80. The van der Waals surface area contributed by atoms with Crippen molar-refractivity contribution in [1.82, 2.24) is 4.86 Å². The third kappa shape index (κ3) is 0.558. The minimum absolute atomic E-state index is 1.00. The van der Waals surface area contributed by atoms with Crippen molar-refractivity contribution in [2.24, 2.45) is 0 Å². The minimum atomic E-state index is 1.00. The van der Waals surface area contributed by atoms with E-state index in [0.717, 1.165) is 15.9 Å². The SMILES string of the molecule is N1PSP1. The van der Waals surface area contributed by atoms with Crippen LogP contribution in [0.5, 0.6) is 0 Å². The Hall–Kier alpha value is 1.17. The Morgan fingerprint density at radius 3 is 1.75 bits per heavy atom. The van der Waals surface area contributed by atoms with Crippen molar-refractivity contribution in [3.8, 4) is 0 Å². The summed E-state index contributed by atoms with van der Waals surface area (Å²) in [6, 6.07) is 0. The average molecular weight is 111 g/mol. The van der Waals surface area contributed by atoms with Crippen LogP contribution in [0, 0.1) is 0 Å². The van der Waals surface area contributed by atoms with Crippen LogP contribution in [-0.2, 0) is 0 Å². The molecule has 1 nitrogen and oxygen atoms in total. The Labute approximate surface area is 32.5 Å². The molecule has 0 aromatic heterocycles. The van der Waals surface area contributed by atoms with Crippen LogP contribution in [0.4, 0.5) is 0 Å². The largest absolute Gasteiger partial charge is 0.261 e. The fourth-order valence-electron chi connectivity index (χ4n) is 0.0510. The number of rotatable bonds is 0. The summed E-state index contributed by atoms with van der Waals surface area (Å²) in [5, 5.41) is 0. The highest BCUT2D eigenvalue weighted by Gasteiger charge is 1.93. The maximum atomic E-state index is 3.13. The van der Waals surface area contributed by atoms with E-state index in [2.05, 4.69) is 4.86 Å². The second-order valence-electron chi connectivity index (χ2n) is 0.431. The monoisotopic (exact) mass is 111 g/mol. The summed E-state index contributed by atoms with van der Waals surface area (Å²) in [6.45, 7) is 0. The van der Waals surface area contributed by atoms with Crippen LogP contribution >= 0.6 is 26.9 Å². The molecule has 0 saturated carbocycles. The summed E-state index contributed by atoms with van der Waals surface area (Å²) < 4.78 is 0. The van der Waals surface area contributed by atoms with Crippen LogP contribution in [0.2, 0.25) is 0 Å². The first-order chi connectivity index (χ1) is 2.00. The quantitative estimate of drug-likeness (QED) is 0.473. The van der Waals surface area contributed by atoms with Gasteiger partial charge in [-0.3, -0.25) is 4.86 Å². The molecular formula is H3NP2S.